The maximum Gasteiger partial charge on any atom is 0.250 e. The van der Waals surface area contributed by atoms with Gasteiger partial charge in [0.2, 0.25) is 0 Å². The van der Waals surface area contributed by atoms with Crippen LogP contribution in [-0.4, -0.2) is 18.1 Å². The van der Waals surface area contributed by atoms with Crippen molar-refractivity contribution in [2.24, 2.45) is 0 Å². The second-order valence-corrected chi connectivity index (χ2v) is 3.93. The third-order valence-corrected chi connectivity index (χ3v) is 2.27. The Morgan fingerprint density at radius 3 is 3.00 bits per heavy atom. The molecule has 0 aliphatic rings. The second-order valence-electron chi connectivity index (χ2n) is 3.93. The Bertz CT molecular complexity index is 380. The first-order chi connectivity index (χ1) is 8.15. The summed E-state index contributed by atoms with van der Waals surface area (Å²) in [6.07, 6.45) is 2.27. The van der Waals surface area contributed by atoms with E-state index in [9.17, 15) is 4.39 Å². The van der Waals surface area contributed by atoms with Crippen LogP contribution in [0.15, 0.2) is 24.4 Å². The highest BCUT2D eigenvalue weighted by molar-refractivity contribution is 5.23. The first-order valence-electron chi connectivity index (χ1n) is 5.76. The summed E-state index contributed by atoms with van der Waals surface area (Å²) < 4.78 is 19.2. The quantitative estimate of drug-likeness (QED) is 0.742. The van der Waals surface area contributed by atoms with Crippen LogP contribution in [0.2, 0.25) is 0 Å². The predicted molar refractivity (Wildman–Crippen MR) is 66.5 cm³/mol. The van der Waals surface area contributed by atoms with Gasteiger partial charge in [-0.1, -0.05) is 12.5 Å². The zero-order valence-corrected chi connectivity index (χ0v) is 10.4. The zero-order valence-electron chi connectivity index (χ0n) is 10.4. The standard InChI is InChI=1S/C13H19FN2O/c1-4-15-9-11-5-7-16-13(12(11)14)17-8-6-10(2)3/h5,7,15H,2,4,6,8-9H2,1,3H3. The first kappa shape index (κ1) is 13.6. The summed E-state index contributed by atoms with van der Waals surface area (Å²) in [4.78, 5) is 3.89. The minimum Gasteiger partial charge on any atom is -0.475 e. The van der Waals surface area contributed by atoms with Crippen molar-refractivity contribution in [3.63, 3.8) is 0 Å². The van der Waals surface area contributed by atoms with Gasteiger partial charge < -0.3 is 10.1 Å². The van der Waals surface area contributed by atoms with E-state index in [0.717, 1.165) is 12.1 Å². The molecule has 4 heteroatoms. The number of aromatic nitrogens is 1. The molecule has 0 bridgehead atoms. The molecular formula is C13H19FN2O. The van der Waals surface area contributed by atoms with Gasteiger partial charge in [-0.3, -0.25) is 0 Å². The number of nitrogens with zero attached hydrogens (tertiary/aromatic N) is 1. The van der Waals surface area contributed by atoms with Gasteiger partial charge in [0.05, 0.1) is 6.61 Å². The zero-order chi connectivity index (χ0) is 12.7. The van der Waals surface area contributed by atoms with Crippen molar-refractivity contribution in [2.45, 2.75) is 26.8 Å². The molecule has 0 unspecified atom stereocenters. The number of nitrogens with one attached hydrogen (secondary N) is 1. The molecule has 0 saturated heterocycles. The number of ether oxygens (including phenoxy) is 1. The third-order valence-electron chi connectivity index (χ3n) is 2.27. The van der Waals surface area contributed by atoms with Gasteiger partial charge in [0.15, 0.2) is 5.82 Å². The molecule has 0 radical (unpaired) electrons. The van der Waals surface area contributed by atoms with E-state index in [1.165, 1.54) is 0 Å². The SMILES string of the molecule is C=C(C)CCOc1nccc(CNCC)c1F. The molecule has 0 saturated carbocycles. The van der Waals surface area contributed by atoms with Crippen LogP contribution in [0.5, 0.6) is 5.88 Å². The molecule has 94 valence electrons. The van der Waals surface area contributed by atoms with Crippen molar-refractivity contribution in [2.75, 3.05) is 13.2 Å². The van der Waals surface area contributed by atoms with E-state index in [1.807, 2.05) is 13.8 Å². The Balaban J connectivity index is 2.62. The number of rotatable bonds is 7. The van der Waals surface area contributed by atoms with E-state index in [4.69, 9.17) is 4.74 Å². The molecule has 0 atom stereocenters. The number of hydrogen-bond donors (Lipinski definition) is 1. The van der Waals surface area contributed by atoms with Crippen LogP contribution >= 0.6 is 0 Å². The highest BCUT2D eigenvalue weighted by Crippen LogP contribution is 2.17. The third kappa shape index (κ3) is 4.53. The van der Waals surface area contributed by atoms with Crippen LogP contribution in [0.25, 0.3) is 0 Å². The molecular weight excluding hydrogens is 219 g/mol. The summed E-state index contributed by atoms with van der Waals surface area (Å²) in [7, 11) is 0. The minimum absolute atomic E-state index is 0.0710. The molecule has 0 amide bonds. The lowest BCUT2D eigenvalue weighted by atomic mass is 10.2. The largest absolute Gasteiger partial charge is 0.475 e. The molecule has 0 aliphatic carbocycles. The van der Waals surface area contributed by atoms with E-state index in [1.54, 1.807) is 12.3 Å². The summed E-state index contributed by atoms with van der Waals surface area (Å²) in [6, 6.07) is 1.66. The summed E-state index contributed by atoms with van der Waals surface area (Å²) >= 11 is 0. The Labute approximate surface area is 102 Å². The van der Waals surface area contributed by atoms with Crippen LogP contribution in [-0.2, 0) is 6.54 Å². The molecule has 3 nitrogen and oxygen atoms in total. The van der Waals surface area contributed by atoms with Crippen LogP contribution in [0, 0.1) is 5.82 Å². The van der Waals surface area contributed by atoms with Crippen molar-refractivity contribution >= 4 is 0 Å². The van der Waals surface area contributed by atoms with Gasteiger partial charge in [-0.2, -0.15) is 0 Å². The van der Waals surface area contributed by atoms with Gasteiger partial charge in [-0.05, 0) is 19.5 Å². The fourth-order valence-corrected chi connectivity index (χ4v) is 1.28. The van der Waals surface area contributed by atoms with Gasteiger partial charge >= 0.3 is 0 Å². The van der Waals surface area contributed by atoms with Gasteiger partial charge in [0.25, 0.3) is 5.88 Å². The molecule has 0 spiro atoms. The van der Waals surface area contributed by atoms with E-state index in [2.05, 4.69) is 16.9 Å². The Morgan fingerprint density at radius 1 is 1.59 bits per heavy atom. The lowest BCUT2D eigenvalue weighted by Crippen LogP contribution is -2.14. The molecule has 1 heterocycles. The molecule has 0 aliphatic heterocycles. The molecule has 1 aromatic rings. The molecule has 0 fully saturated rings. The predicted octanol–water partition coefficient (Wildman–Crippen LogP) is 2.68. The van der Waals surface area contributed by atoms with Gasteiger partial charge in [-0.25, -0.2) is 9.37 Å². The topological polar surface area (TPSA) is 34.1 Å². The molecule has 1 rings (SSSR count). The number of pyridine rings is 1. The monoisotopic (exact) mass is 238 g/mol. The van der Waals surface area contributed by atoms with Crippen molar-refractivity contribution in [3.8, 4) is 5.88 Å². The minimum atomic E-state index is -0.379. The van der Waals surface area contributed by atoms with Crippen molar-refractivity contribution < 1.29 is 9.13 Å². The molecule has 0 aromatic carbocycles. The van der Waals surface area contributed by atoms with Crippen LogP contribution in [0.4, 0.5) is 4.39 Å². The van der Waals surface area contributed by atoms with Crippen LogP contribution in [0.1, 0.15) is 25.8 Å². The Morgan fingerprint density at radius 2 is 2.35 bits per heavy atom. The maximum atomic E-state index is 13.9. The van der Waals surface area contributed by atoms with Gasteiger partial charge in [0, 0.05) is 24.7 Å². The lowest BCUT2D eigenvalue weighted by Gasteiger charge is -2.09. The maximum absolute atomic E-state index is 13.9. The normalized spacial score (nSPS) is 10.3. The van der Waals surface area contributed by atoms with Gasteiger partial charge in [-0.15, -0.1) is 6.58 Å². The summed E-state index contributed by atoms with van der Waals surface area (Å²) in [5.41, 5.74) is 1.58. The van der Waals surface area contributed by atoms with E-state index >= 15 is 0 Å². The highest BCUT2D eigenvalue weighted by Gasteiger charge is 2.10. The van der Waals surface area contributed by atoms with Crippen molar-refractivity contribution in [1.82, 2.24) is 10.3 Å². The number of hydrogen-bond acceptors (Lipinski definition) is 3. The highest BCUT2D eigenvalue weighted by atomic mass is 19.1. The lowest BCUT2D eigenvalue weighted by molar-refractivity contribution is 0.290. The first-order valence-corrected chi connectivity index (χ1v) is 5.76. The smallest absolute Gasteiger partial charge is 0.250 e. The summed E-state index contributed by atoms with van der Waals surface area (Å²) in [5.74, 6) is -0.309. The molecule has 1 aromatic heterocycles. The Hall–Kier alpha value is -1.42. The van der Waals surface area contributed by atoms with E-state index < -0.39 is 0 Å². The van der Waals surface area contributed by atoms with E-state index in [-0.39, 0.29) is 11.7 Å². The molecule has 17 heavy (non-hydrogen) atoms. The van der Waals surface area contributed by atoms with Gasteiger partial charge in [0.1, 0.15) is 0 Å². The summed E-state index contributed by atoms with van der Waals surface area (Å²) in [5, 5.41) is 3.07. The van der Waals surface area contributed by atoms with Crippen LogP contribution < -0.4 is 10.1 Å². The van der Waals surface area contributed by atoms with Crippen molar-refractivity contribution in [3.05, 3.63) is 35.8 Å². The molecule has 1 N–H and O–H groups in total. The van der Waals surface area contributed by atoms with Crippen molar-refractivity contribution in [1.29, 1.82) is 0 Å². The average molecular weight is 238 g/mol. The van der Waals surface area contributed by atoms with E-state index in [0.29, 0.717) is 25.1 Å². The van der Waals surface area contributed by atoms with Crippen LogP contribution in [0.3, 0.4) is 0 Å². The fourth-order valence-electron chi connectivity index (χ4n) is 1.28. The summed E-state index contributed by atoms with van der Waals surface area (Å²) in [6.45, 7) is 9.34. The second kappa shape index (κ2) is 7.01. The Kier molecular flexibility index (Phi) is 5.63. The average Bonchev–Trinajstić information content (AvgIpc) is 2.29. The number of halogens is 1. The fraction of sp³-hybridized carbons (Fsp3) is 0.462.